The minimum absolute atomic E-state index is 0.331. The molecule has 0 aliphatic rings. The van der Waals surface area contributed by atoms with Gasteiger partial charge in [-0.15, -0.1) is 0 Å². The molecule has 0 N–H and O–H groups in total. The molecular weight excluding hydrogens is 685 g/mol. The molecule has 0 atom stereocenters. The van der Waals surface area contributed by atoms with Gasteiger partial charge in [0.15, 0.2) is 0 Å². The van der Waals surface area contributed by atoms with Gasteiger partial charge in [-0.25, -0.2) is 4.98 Å². The van der Waals surface area contributed by atoms with Gasteiger partial charge in [0.1, 0.15) is 22.3 Å². The van der Waals surface area contributed by atoms with Crippen molar-refractivity contribution in [2.75, 3.05) is 0 Å². The van der Waals surface area contributed by atoms with E-state index in [1.165, 1.54) is 21.9 Å². The monoisotopic (exact) mass is 722 g/mol. The summed E-state index contributed by atoms with van der Waals surface area (Å²) in [5.74, 6) is 0.663. The molecule has 56 heavy (non-hydrogen) atoms. The first kappa shape index (κ1) is 32.6. The van der Waals surface area contributed by atoms with Crippen LogP contribution in [-0.2, 0) is 0 Å². The maximum atomic E-state index is 6.87. The van der Waals surface area contributed by atoms with E-state index >= 15 is 0 Å². The van der Waals surface area contributed by atoms with Crippen LogP contribution in [0.1, 0.15) is 50.7 Å². The van der Waals surface area contributed by atoms with Crippen LogP contribution in [0.4, 0.5) is 0 Å². The van der Waals surface area contributed by atoms with Gasteiger partial charge in [0.2, 0.25) is 0 Å². The largest absolute Gasteiger partial charge is 0.455 e. The minimum atomic E-state index is 0.331. The van der Waals surface area contributed by atoms with E-state index in [-0.39, 0.29) is 0 Å². The summed E-state index contributed by atoms with van der Waals surface area (Å²) in [6, 6.07) is 49.7. The van der Waals surface area contributed by atoms with E-state index in [9.17, 15) is 0 Å². The van der Waals surface area contributed by atoms with Crippen molar-refractivity contribution in [2.45, 2.75) is 39.5 Å². The van der Waals surface area contributed by atoms with Crippen LogP contribution >= 0.6 is 0 Å². The smallest absolute Gasteiger partial charge is 0.143 e. The summed E-state index contributed by atoms with van der Waals surface area (Å²) in [6.07, 6.45) is 1.93. The lowest BCUT2D eigenvalue weighted by Crippen LogP contribution is -1.93. The number of fused-ring (bicyclic) bond motifs is 12. The zero-order valence-corrected chi connectivity index (χ0v) is 31.7. The highest BCUT2D eigenvalue weighted by Gasteiger charge is 2.21. The van der Waals surface area contributed by atoms with Crippen LogP contribution in [0.15, 0.2) is 155 Å². The van der Waals surface area contributed by atoms with Crippen molar-refractivity contribution >= 4 is 76.5 Å². The Hall–Kier alpha value is -6.78. The van der Waals surface area contributed by atoms with Crippen molar-refractivity contribution in [3.63, 3.8) is 0 Å². The van der Waals surface area contributed by atoms with Gasteiger partial charge in [-0.05, 0) is 63.1 Å². The quantitative estimate of drug-likeness (QED) is 0.166. The third kappa shape index (κ3) is 4.85. The molecule has 0 saturated carbocycles. The predicted molar refractivity (Wildman–Crippen MR) is 234 cm³/mol. The van der Waals surface area contributed by atoms with Gasteiger partial charge in [0, 0.05) is 49.0 Å². The van der Waals surface area contributed by atoms with Crippen molar-refractivity contribution in [3.8, 4) is 33.5 Å². The first-order valence-electron chi connectivity index (χ1n) is 19.5. The van der Waals surface area contributed by atoms with Gasteiger partial charge in [-0.1, -0.05) is 149 Å². The minimum Gasteiger partial charge on any atom is -0.455 e. The third-order valence-corrected chi connectivity index (χ3v) is 11.6. The Bertz CT molecular complexity index is 3200. The number of benzene rings is 8. The number of hydrogen-bond acceptors (Lipinski definition) is 4. The molecule has 0 amide bonds. The summed E-state index contributed by atoms with van der Waals surface area (Å²) >= 11 is 0. The van der Waals surface area contributed by atoms with Crippen LogP contribution in [0, 0.1) is 0 Å². The summed E-state index contributed by atoms with van der Waals surface area (Å²) < 4.78 is 13.7. The molecule has 3 aromatic heterocycles. The predicted octanol–water partition coefficient (Wildman–Crippen LogP) is 15.0. The molecule has 11 aromatic rings. The van der Waals surface area contributed by atoms with Crippen molar-refractivity contribution in [2.24, 2.45) is 0 Å². The fourth-order valence-corrected chi connectivity index (χ4v) is 8.90. The molecule has 0 spiro atoms. The summed E-state index contributed by atoms with van der Waals surface area (Å²) in [7, 11) is 0. The van der Waals surface area contributed by atoms with Crippen molar-refractivity contribution in [1.82, 2.24) is 9.97 Å². The van der Waals surface area contributed by atoms with Crippen LogP contribution in [0.25, 0.3) is 110 Å². The van der Waals surface area contributed by atoms with Crippen LogP contribution in [-0.4, -0.2) is 9.97 Å². The second kappa shape index (κ2) is 12.4. The number of para-hydroxylation sites is 4. The van der Waals surface area contributed by atoms with Gasteiger partial charge in [-0.3, -0.25) is 4.98 Å². The summed E-state index contributed by atoms with van der Waals surface area (Å²) in [5, 5.41) is 9.03. The fraction of sp³-hybridized carbons (Fsp3) is 0.115. The number of rotatable bonds is 5. The van der Waals surface area contributed by atoms with Gasteiger partial charge in [-0.2, -0.15) is 0 Å². The Morgan fingerprint density at radius 1 is 0.393 bits per heavy atom. The van der Waals surface area contributed by atoms with Crippen molar-refractivity contribution in [3.05, 3.63) is 157 Å². The van der Waals surface area contributed by atoms with Crippen LogP contribution in [0.5, 0.6) is 0 Å². The lowest BCUT2D eigenvalue weighted by Gasteiger charge is -2.13. The Labute approximate surface area is 324 Å². The van der Waals surface area contributed by atoms with Gasteiger partial charge in [0.25, 0.3) is 0 Å². The fourth-order valence-electron chi connectivity index (χ4n) is 8.90. The molecule has 4 nitrogen and oxygen atoms in total. The molecule has 0 bridgehead atoms. The highest BCUT2D eigenvalue weighted by atomic mass is 16.3. The number of nitrogens with zero attached hydrogens (tertiary/aromatic N) is 2. The van der Waals surface area contributed by atoms with E-state index in [1.54, 1.807) is 0 Å². The molecule has 3 heterocycles. The standard InChI is InChI=1S/C52H38N2O2/c1-29(2)34-17-9-21-42-44-23-11-19-36(51(44)55-49(34)42)31-25-32(37-20-12-24-45-43-22-10-18-35(30(3)4)50(43)56-52(37)45)27-33(26-31)46-28-53-47-40-15-7-5-13-38(40)39-14-6-8-16-41(39)48(47)54-46/h5-30H,1-4H3. The zero-order valence-electron chi connectivity index (χ0n) is 31.7. The molecule has 0 aliphatic carbocycles. The van der Waals surface area contributed by atoms with Gasteiger partial charge >= 0.3 is 0 Å². The van der Waals surface area contributed by atoms with E-state index in [1.807, 2.05) is 6.20 Å². The van der Waals surface area contributed by atoms with Crippen LogP contribution in [0.2, 0.25) is 0 Å². The Morgan fingerprint density at radius 3 is 1.30 bits per heavy atom. The first-order chi connectivity index (χ1) is 27.4. The molecule has 0 saturated heterocycles. The van der Waals surface area contributed by atoms with E-state index < -0.39 is 0 Å². The molecule has 0 fully saturated rings. The average Bonchev–Trinajstić information content (AvgIpc) is 3.82. The van der Waals surface area contributed by atoms with Crippen molar-refractivity contribution < 1.29 is 8.83 Å². The Balaban J connectivity index is 1.21. The van der Waals surface area contributed by atoms with E-state index in [0.717, 1.165) is 99.2 Å². The molecule has 8 aromatic carbocycles. The molecule has 0 unspecified atom stereocenters. The second-order valence-corrected chi connectivity index (χ2v) is 15.7. The maximum Gasteiger partial charge on any atom is 0.143 e. The Kier molecular flexibility index (Phi) is 7.21. The molecule has 0 aliphatic heterocycles. The maximum absolute atomic E-state index is 6.87. The SMILES string of the molecule is CC(C)c1cccc2c1oc1c(-c3cc(-c4cnc5c6ccccc6c6ccccc6c5n4)cc(-c4cccc5c4oc4c(C(C)C)cccc45)c3)cccc12. The summed E-state index contributed by atoms with van der Waals surface area (Å²) in [5.41, 5.74) is 13.8. The van der Waals surface area contributed by atoms with Crippen LogP contribution < -0.4 is 0 Å². The zero-order chi connectivity index (χ0) is 37.7. The van der Waals surface area contributed by atoms with Crippen molar-refractivity contribution in [1.29, 1.82) is 0 Å². The molecule has 0 radical (unpaired) electrons. The van der Waals surface area contributed by atoms with E-state index in [2.05, 4.69) is 167 Å². The molecule has 4 heteroatoms. The lowest BCUT2D eigenvalue weighted by molar-refractivity contribution is 0.658. The highest BCUT2D eigenvalue weighted by Crippen LogP contribution is 2.44. The normalized spacial score (nSPS) is 12.2. The highest BCUT2D eigenvalue weighted by molar-refractivity contribution is 6.23. The number of furan rings is 2. The number of aromatic nitrogens is 2. The van der Waals surface area contributed by atoms with E-state index in [0.29, 0.717) is 11.8 Å². The topological polar surface area (TPSA) is 52.1 Å². The summed E-state index contributed by atoms with van der Waals surface area (Å²) in [4.78, 5) is 10.6. The van der Waals surface area contributed by atoms with Gasteiger partial charge in [0.05, 0.1) is 22.9 Å². The third-order valence-electron chi connectivity index (χ3n) is 11.6. The lowest BCUT2D eigenvalue weighted by atomic mass is 9.93. The average molecular weight is 723 g/mol. The molecule has 268 valence electrons. The van der Waals surface area contributed by atoms with Gasteiger partial charge < -0.3 is 8.83 Å². The molecular formula is C52H38N2O2. The summed E-state index contributed by atoms with van der Waals surface area (Å²) in [6.45, 7) is 8.88. The van der Waals surface area contributed by atoms with Crippen LogP contribution in [0.3, 0.4) is 0 Å². The second-order valence-electron chi connectivity index (χ2n) is 15.7. The molecule has 11 rings (SSSR count). The van der Waals surface area contributed by atoms with E-state index in [4.69, 9.17) is 18.8 Å². The Morgan fingerprint density at radius 2 is 0.804 bits per heavy atom. The number of hydrogen-bond donors (Lipinski definition) is 0. The first-order valence-corrected chi connectivity index (χ1v) is 19.5.